The summed E-state index contributed by atoms with van der Waals surface area (Å²) in [5.74, 6) is 1.80. The lowest BCUT2D eigenvalue weighted by Gasteiger charge is -2.38. The third-order valence-electron chi connectivity index (χ3n) is 5.18. The van der Waals surface area contributed by atoms with Crippen LogP contribution < -0.4 is 10.6 Å². The van der Waals surface area contributed by atoms with Gasteiger partial charge in [0.05, 0.1) is 0 Å². The molecule has 0 aromatic carbocycles. The third-order valence-corrected chi connectivity index (χ3v) is 5.73. The molecule has 1 aliphatic heterocycles. The molecular formula is C15H18BrN5O. The molecule has 1 saturated heterocycles. The zero-order chi connectivity index (χ0) is 15.3. The van der Waals surface area contributed by atoms with Crippen molar-refractivity contribution in [1.82, 2.24) is 14.4 Å². The highest BCUT2D eigenvalue weighted by atomic mass is 79.9. The molecule has 0 bridgehead atoms. The Hall–Kier alpha value is -1.63. The molecule has 0 amide bonds. The van der Waals surface area contributed by atoms with Crippen LogP contribution in [0.25, 0.3) is 5.52 Å². The lowest BCUT2D eigenvalue weighted by Crippen LogP contribution is -2.42. The van der Waals surface area contributed by atoms with Crippen LogP contribution in [-0.2, 0) is 4.79 Å². The summed E-state index contributed by atoms with van der Waals surface area (Å²) in [7, 11) is 0. The topological polar surface area (TPSA) is 76.5 Å². The number of ketones is 1. The van der Waals surface area contributed by atoms with E-state index in [9.17, 15) is 4.79 Å². The van der Waals surface area contributed by atoms with Gasteiger partial charge < -0.3 is 10.6 Å². The number of nitrogen functional groups attached to an aromatic ring is 1. The molecular weight excluding hydrogens is 346 g/mol. The Kier molecular flexibility index (Phi) is 3.14. The van der Waals surface area contributed by atoms with Gasteiger partial charge in [0.15, 0.2) is 5.82 Å². The summed E-state index contributed by atoms with van der Waals surface area (Å²) in [6.45, 7) is 1.72. The Bertz CT molecular complexity index is 748. The molecule has 7 heteroatoms. The minimum absolute atomic E-state index is 0.0542. The number of hydrogen-bond donors (Lipinski definition) is 1. The molecule has 2 aliphatic rings. The number of rotatable bonds is 1. The van der Waals surface area contributed by atoms with Gasteiger partial charge in [-0.25, -0.2) is 9.97 Å². The van der Waals surface area contributed by atoms with E-state index in [1.165, 1.54) is 0 Å². The van der Waals surface area contributed by atoms with Gasteiger partial charge in [-0.05, 0) is 41.6 Å². The van der Waals surface area contributed by atoms with E-state index >= 15 is 0 Å². The van der Waals surface area contributed by atoms with Gasteiger partial charge in [0.1, 0.15) is 15.9 Å². The van der Waals surface area contributed by atoms with E-state index in [0.717, 1.165) is 56.7 Å². The highest BCUT2D eigenvalue weighted by Gasteiger charge is 2.44. The third kappa shape index (κ3) is 1.95. The second-order valence-electron chi connectivity index (χ2n) is 6.28. The van der Waals surface area contributed by atoms with Crippen LogP contribution in [0, 0.1) is 5.41 Å². The van der Waals surface area contributed by atoms with Crippen molar-refractivity contribution < 1.29 is 4.79 Å². The Balaban J connectivity index is 1.65. The molecule has 22 heavy (non-hydrogen) atoms. The predicted molar refractivity (Wildman–Crippen MR) is 87.8 cm³/mol. The van der Waals surface area contributed by atoms with Gasteiger partial charge in [0, 0.05) is 37.3 Å². The number of carbonyl (C=O) groups excluding carboxylic acids is 1. The van der Waals surface area contributed by atoms with Crippen LogP contribution in [0.1, 0.15) is 32.1 Å². The maximum absolute atomic E-state index is 12.2. The minimum Gasteiger partial charge on any atom is -0.382 e. The van der Waals surface area contributed by atoms with Crippen molar-refractivity contribution in [2.75, 3.05) is 23.7 Å². The molecule has 2 N–H and O–H groups in total. The summed E-state index contributed by atoms with van der Waals surface area (Å²) >= 11 is 3.47. The normalized spacial score (nSPS) is 21.1. The number of aromatic nitrogens is 3. The highest BCUT2D eigenvalue weighted by Crippen LogP contribution is 2.44. The van der Waals surface area contributed by atoms with Crippen LogP contribution in [0.5, 0.6) is 0 Å². The maximum Gasteiger partial charge on any atom is 0.211 e. The first kappa shape index (κ1) is 14.0. The molecule has 0 atom stereocenters. The number of piperidine rings is 1. The first-order valence-electron chi connectivity index (χ1n) is 7.67. The number of Topliss-reactive ketones (excluding diaryl/α,β-unsaturated/α-hetero) is 1. The van der Waals surface area contributed by atoms with E-state index in [0.29, 0.717) is 16.2 Å². The van der Waals surface area contributed by atoms with Crippen LogP contribution in [0.15, 0.2) is 17.0 Å². The van der Waals surface area contributed by atoms with E-state index < -0.39 is 0 Å². The number of hydrogen-bond acceptors (Lipinski definition) is 5. The molecule has 2 aromatic rings. The van der Waals surface area contributed by atoms with E-state index in [2.05, 4.69) is 30.8 Å². The molecule has 1 aliphatic carbocycles. The summed E-state index contributed by atoms with van der Waals surface area (Å²) < 4.78 is 2.69. The molecule has 2 fully saturated rings. The standard InChI is InChI=1S/C15H18BrN5O/c16-12-11-13(17)18-6-9-21(11)14(19-12)20-7-4-15(5-8-20)3-1-2-10(15)22/h6,9H,1-5,7-8H2,(H2,17,18). The molecule has 116 valence electrons. The van der Waals surface area contributed by atoms with Gasteiger partial charge in [-0.3, -0.25) is 9.20 Å². The van der Waals surface area contributed by atoms with Crippen molar-refractivity contribution >= 4 is 39.0 Å². The summed E-state index contributed by atoms with van der Waals surface area (Å²) in [5, 5.41) is 0. The summed E-state index contributed by atoms with van der Waals surface area (Å²) in [4.78, 5) is 23.2. The summed E-state index contributed by atoms with van der Waals surface area (Å²) in [5.41, 5.74) is 6.69. The average molecular weight is 364 g/mol. The van der Waals surface area contributed by atoms with E-state index in [4.69, 9.17) is 5.73 Å². The molecule has 1 saturated carbocycles. The number of carbonyl (C=O) groups is 1. The number of fused-ring (bicyclic) bond motifs is 1. The van der Waals surface area contributed by atoms with Crippen LogP contribution in [0.4, 0.5) is 11.8 Å². The fourth-order valence-electron chi connectivity index (χ4n) is 3.88. The van der Waals surface area contributed by atoms with Crippen LogP contribution in [-0.4, -0.2) is 33.2 Å². The van der Waals surface area contributed by atoms with Crippen molar-refractivity contribution in [1.29, 1.82) is 0 Å². The van der Waals surface area contributed by atoms with Crippen molar-refractivity contribution in [2.45, 2.75) is 32.1 Å². The van der Waals surface area contributed by atoms with Gasteiger partial charge in [-0.2, -0.15) is 0 Å². The fraction of sp³-hybridized carbons (Fsp3) is 0.533. The highest BCUT2D eigenvalue weighted by molar-refractivity contribution is 9.10. The first-order valence-corrected chi connectivity index (χ1v) is 8.46. The lowest BCUT2D eigenvalue weighted by atomic mass is 9.76. The molecule has 0 unspecified atom stereocenters. The zero-order valence-electron chi connectivity index (χ0n) is 12.3. The number of anilines is 2. The molecule has 0 radical (unpaired) electrons. The smallest absolute Gasteiger partial charge is 0.211 e. The Morgan fingerprint density at radius 1 is 1.27 bits per heavy atom. The maximum atomic E-state index is 12.2. The van der Waals surface area contributed by atoms with Gasteiger partial charge in [-0.15, -0.1) is 0 Å². The number of halogens is 1. The lowest BCUT2D eigenvalue weighted by molar-refractivity contribution is -0.126. The second kappa shape index (κ2) is 4.94. The zero-order valence-corrected chi connectivity index (χ0v) is 13.8. The van der Waals surface area contributed by atoms with Crippen LogP contribution >= 0.6 is 15.9 Å². The van der Waals surface area contributed by atoms with Crippen LogP contribution in [0.2, 0.25) is 0 Å². The van der Waals surface area contributed by atoms with Gasteiger partial charge in [-0.1, -0.05) is 0 Å². The van der Waals surface area contributed by atoms with E-state index in [1.807, 2.05) is 10.6 Å². The number of nitrogens with two attached hydrogens (primary N) is 1. The number of nitrogens with zero attached hydrogens (tertiary/aromatic N) is 4. The number of imidazole rings is 1. The van der Waals surface area contributed by atoms with Gasteiger partial charge >= 0.3 is 0 Å². The van der Waals surface area contributed by atoms with E-state index in [-0.39, 0.29) is 5.41 Å². The SMILES string of the molecule is Nc1nccn2c(N3CCC4(CCCC4=O)CC3)nc(Br)c12. The molecule has 2 aromatic heterocycles. The van der Waals surface area contributed by atoms with Crippen molar-refractivity contribution in [2.24, 2.45) is 5.41 Å². The van der Waals surface area contributed by atoms with Crippen LogP contribution in [0.3, 0.4) is 0 Å². The Labute approximate surface area is 136 Å². The monoisotopic (exact) mass is 363 g/mol. The summed E-state index contributed by atoms with van der Waals surface area (Å²) in [6, 6.07) is 0. The molecule has 3 heterocycles. The van der Waals surface area contributed by atoms with Crippen molar-refractivity contribution in [3.05, 3.63) is 17.0 Å². The molecule has 1 spiro atoms. The average Bonchev–Trinajstić information content (AvgIpc) is 3.03. The minimum atomic E-state index is -0.0542. The second-order valence-corrected chi connectivity index (χ2v) is 7.03. The quantitative estimate of drug-likeness (QED) is 0.841. The molecule has 4 rings (SSSR count). The largest absolute Gasteiger partial charge is 0.382 e. The molecule has 6 nitrogen and oxygen atoms in total. The van der Waals surface area contributed by atoms with Crippen molar-refractivity contribution in [3.63, 3.8) is 0 Å². The van der Waals surface area contributed by atoms with Gasteiger partial charge in [0.25, 0.3) is 0 Å². The Morgan fingerprint density at radius 2 is 2.05 bits per heavy atom. The summed E-state index contributed by atoms with van der Waals surface area (Å²) in [6.07, 6.45) is 8.30. The predicted octanol–water partition coefficient (Wildman–Crippen LogP) is 2.41. The van der Waals surface area contributed by atoms with E-state index in [1.54, 1.807) is 6.20 Å². The van der Waals surface area contributed by atoms with Gasteiger partial charge in [0.2, 0.25) is 5.95 Å². The fourth-order valence-corrected chi connectivity index (χ4v) is 4.44. The van der Waals surface area contributed by atoms with Crippen molar-refractivity contribution in [3.8, 4) is 0 Å². The Morgan fingerprint density at radius 3 is 2.73 bits per heavy atom. The first-order chi connectivity index (χ1) is 10.6.